The quantitative estimate of drug-likeness (QED) is 0.471. The van der Waals surface area contributed by atoms with Crippen LogP contribution in [0.25, 0.3) is 0 Å². The first-order chi connectivity index (χ1) is 15.7. The van der Waals surface area contributed by atoms with Gasteiger partial charge < -0.3 is 14.8 Å². The van der Waals surface area contributed by atoms with Gasteiger partial charge in [0.2, 0.25) is 15.9 Å². The van der Waals surface area contributed by atoms with Gasteiger partial charge in [0.05, 0.1) is 19.1 Å². The number of hydrogen-bond acceptors (Lipinski definition) is 5. The van der Waals surface area contributed by atoms with Crippen LogP contribution in [0.3, 0.4) is 0 Å². The van der Waals surface area contributed by atoms with E-state index >= 15 is 0 Å². The van der Waals surface area contributed by atoms with Crippen molar-refractivity contribution in [3.63, 3.8) is 0 Å². The first-order valence-electron chi connectivity index (χ1n) is 10.1. The van der Waals surface area contributed by atoms with E-state index in [2.05, 4.69) is 10.0 Å². The summed E-state index contributed by atoms with van der Waals surface area (Å²) in [6.45, 7) is 1.81. The van der Waals surface area contributed by atoms with Gasteiger partial charge in [-0.3, -0.25) is 4.79 Å². The summed E-state index contributed by atoms with van der Waals surface area (Å²) in [4.78, 5) is 13.1. The van der Waals surface area contributed by atoms with Crippen molar-refractivity contribution in [1.82, 2.24) is 4.72 Å². The molecule has 3 aromatic carbocycles. The SMILES string of the molecule is COc1ccc(S(=O)(=O)N[C@H](Cc2ccccc2)C(=O)Nc2ccc(Cl)cc2C)cc1OC. The molecular weight excluding hydrogens is 464 g/mol. The molecule has 1 amide bonds. The van der Waals surface area contributed by atoms with E-state index in [9.17, 15) is 13.2 Å². The summed E-state index contributed by atoms with van der Waals surface area (Å²) >= 11 is 6.00. The van der Waals surface area contributed by atoms with Gasteiger partial charge in [0.25, 0.3) is 0 Å². The molecule has 0 spiro atoms. The number of aryl methyl sites for hydroxylation is 1. The van der Waals surface area contributed by atoms with Crippen molar-refractivity contribution in [2.75, 3.05) is 19.5 Å². The molecule has 0 aliphatic heterocycles. The Morgan fingerprint density at radius 3 is 2.30 bits per heavy atom. The van der Waals surface area contributed by atoms with Gasteiger partial charge in [0.1, 0.15) is 6.04 Å². The number of methoxy groups -OCH3 is 2. The smallest absolute Gasteiger partial charge is 0.242 e. The zero-order chi connectivity index (χ0) is 24.0. The molecule has 0 aliphatic rings. The number of benzene rings is 3. The van der Waals surface area contributed by atoms with Crippen molar-refractivity contribution in [2.45, 2.75) is 24.3 Å². The van der Waals surface area contributed by atoms with Crippen LogP contribution in [0.2, 0.25) is 5.02 Å². The first-order valence-corrected chi connectivity index (χ1v) is 11.9. The normalized spacial score (nSPS) is 12.1. The molecule has 1 atom stereocenters. The fraction of sp³-hybridized carbons (Fsp3) is 0.208. The molecule has 0 bridgehead atoms. The van der Waals surface area contributed by atoms with E-state index in [1.54, 1.807) is 18.2 Å². The number of nitrogens with one attached hydrogen (secondary N) is 2. The second-order valence-electron chi connectivity index (χ2n) is 7.33. The summed E-state index contributed by atoms with van der Waals surface area (Å²) in [5.74, 6) is 0.169. The average molecular weight is 489 g/mol. The summed E-state index contributed by atoms with van der Waals surface area (Å²) in [6.07, 6.45) is 0.159. The van der Waals surface area contributed by atoms with Gasteiger partial charge in [-0.1, -0.05) is 41.9 Å². The third-order valence-electron chi connectivity index (χ3n) is 5.01. The summed E-state index contributed by atoms with van der Waals surface area (Å²) in [5.41, 5.74) is 2.12. The molecule has 174 valence electrons. The van der Waals surface area contributed by atoms with E-state index in [-0.39, 0.29) is 17.1 Å². The number of amides is 1. The molecule has 9 heteroatoms. The lowest BCUT2D eigenvalue weighted by Gasteiger charge is -2.20. The molecule has 2 N–H and O–H groups in total. The van der Waals surface area contributed by atoms with Gasteiger partial charge in [-0.05, 0) is 54.8 Å². The summed E-state index contributed by atoms with van der Waals surface area (Å²) < 4.78 is 39.3. The van der Waals surface area contributed by atoms with E-state index in [1.807, 2.05) is 37.3 Å². The van der Waals surface area contributed by atoms with E-state index < -0.39 is 22.0 Å². The van der Waals surface area contributed by atoms with Crippen molar-refractivity contribution >= 4 is 33.2 Å². The Bertz CT molecular complexity index is 1230. The zero-order valence-electron chi connectivity index (χ0n) is 18.5. The molecule has 3 rings (SSSR count). The molecule has 0 fully saturated rings. The Labute approximate surface area is 198 Å². The Balaban J connectivity index is 1.91. The van der Waals surface area contributed by atoms with Crippen molar-refractivity contribution in [3.8, 4) is 11.5 Å². The van der Waals surface area contributed by atoms with Crippen LogP contribution in [-0.4, -0.2) is 34.6 Å². The standard InChI is InChI=1S/C24H25ClN2O5S/c1-16-13-18(25)9-11-20(16)26-24(28)21(14-17-7-5-4-6-8-17)27-33(29,30)19-10-12-22(31-2)23(15-19)32-3/h4-13,15,21,27H,14H2,1-3H3,(H,26,28)/t21-/m1/s1. The van der Waals surface area contributed by atoms with Gasteiger partial charge >= 0.3 is 0 Å². The maximum Gasteiger partial charge on any atom is 0.242 e. The maximum absolute atomic E-state index is 13.2. The van der Waals surface area contributed by atoms with Crippen LogP contribution in [-0.2, 0) is 21.2 Å². The van der Waals surface area contributed by atoms with Gasteiger partial charge in [-0.25, -0.2) is 8.42 Å². The van der Waals surface area contributed by atoms with E-state index in [4.69, 9.17) is 21.1 Å². The fourth-order valence-corrected chi connectivity index (χ4v) is 4.70. The van der Waals surface area contributed by atoms with Gasteiger partial charge in [-0.15, -0.1) is 0 Å². The van der Waals surface area contributed by atoms with Gasteiger partial charge in [0.15, 0.2) is 11.5 Å². The molecule has 0 saturated heterocycles. The maximum atomic E-state index is 13.2. The van der Waals surface area contributed by atoms with Crippen LogP contribution < -0.4 is 19.5 Å². The van der Waals surface area contributed by atoms with Crippen LogP contribution in [0, 0.1) is 6.92 Å². The number of rotatable bonds is 9. The number of halogens is 1. The molecule has 0 saturated carbocycles. The molecule has 0 radical (unpaired) electrons. The average Bonchev–Trinajstić information content (AvgIpc) is 2.80. The second-order valence-corrected chi connectivity index (χ2v) is 9.48. The third-order valence-corrected chi connectivity index (χ3v) is 6.71. The Kier molecular flexibility index (Phi) is 7.97. The molecule has 0 unspecified atom stereocenters. The van der Waals surface area contributed by atoms with E-state index in [1.165, 1.54) is 32.4 Å². The lowest BCUT2D eigenvalue weighted by molar-refractivity contribution is -0.117. The highest BCUT2D eigenvalue weighted by Gasteiger charge is 2.27. The molecule has 33 heavy (non-hydrogen) atoms. The molecule has 7 nitrogen and oxygen atoms in total. The van der Waals surface area contributed by atoms with E-state index in [0.717, 1.165) is 11.1 Å². The number of ether oxygens (including phenoxy) is 2. The predicted octanol–water partition coefficient (Wildman–Crippen LogP) is 4.19. The third kappa shape index (κ3) is 6.25. The zero-order valence-corrected chi connectivity index (χ0v) is 20.0. The molecule has 0 aliphatic carbocycles. The van der Waals surface area contributed by atoms with Crippen LogP contribution in [0.1, 0.15) is 11.1 Å². The second kappa shape index (κ2) is 10.7. The van der Waals surface area contributed by atoms with Crippen LogP contribution in [0.15, 0.2) is 71.6 Å². The Morgan fingerprint density at radius 1 is 0.970 bits per heavy atom. The summed E-state index contributed by atoms with van der Waals surface area (Å²) in [6, 6.07) is 17.4. The lowest BCUT2D eigenvalue weighted by Crippen LogP contribution is -2.45. The number of sulfonamides is 1. The van der Waals surface area contributed by atoms with E-state index in [0.29, 0.717) is 16.5 Å². The summed E-state index contributed by atoms with van der Waals surface area (Å²) in [7, 11) is -1.18. The van der Waals surface area contributed by atoms with Crippen molar-refractivity contribution < 1.29 is 22.7 Å². The van der Waals surface area contributed by atoms with Crippen molar-refractivity contribution in [2.24, 2.45) is 0 Å². The van der Waals surface area contributed by atoms with Gasteiger partial charge in [0, 0.05) is 16.8 Å². The fourth-order valence-electron chi connectivity index (χ4n) is 3.26. The Morgan fingerprint density at radius 2 is 1.67 bits per heavy atom. The van der Waals surface area contributed by atoms with Crippen molar-refractivity contribution in [3.05, 3.63) is 82.9 Å². The largest absolute Gasteiger partial charge is 0.493 e. The molecule has 0 aromatic heterocycles. The minimum absolute atomic E-state index is 0.0475. The Hall–Kier alpha value is -3.07. The van der Waals surface area contributed by atoms with Crippen LogP contribution in [0.4, 0.5) is 5.69 Å². The summed E-state index contributed by atoms with van der Waals surface area (Å²) in [5, 5.41) is 3.35. The van der Waals surface area contributed by atoms with Gasteiger partial charge in [-0.2, -0.15) is 4.72 Å². The first kappa shape index (κ1) is 24.6. The number of carbonyl (C=O) groups is 1. The molecular formula is C24H25ClN2O5S. The van der Waals surface area contributed by atoms with Crippen LogP contribution in [0.5, 0.6) is 11.5 Å². The molecule has 0 heterocycles. The number of carbonyl (C=O) groups excluding carboxylic acids is 1. The number of anilines is 1. The molecule has 3 aromatic rings. The highest BCUT2D eigenvalue weighted by molar-refractivity contribution is 7.89. The minimum Gasteiger partial charge on any atom is -0.493 e. The monoisotopic (exact) mass is 488 g/mol. The van der Waals surface area contributed by atoms with Crippen molar-refractivity contribution in [1.29, 1.82) is 0 Å². The highest BCUT2D eigenvalue weighted by atomic mass is 35.5. The number of hydrogen-bond donors (Lipinski definition) is 2. The lowest BCUT2D eigenvalue weighted by atomic mass is 10.1. The highest BCUT2D eigenvalue weighted by Crippen LogP contribution is 2.29. The minimum atomic E-state index is -4.06. The topological polar surface area (TPSA) is 93.7 Å². The van der Waals surface area contributed by atoms with Crippen LogP contribution >= 0.6 is 11.6 Å². The predicted molar refractivity (Wildman–Crippen MR) is 129 cm³/mol.